The zero-order chi connectivity index (χ0) is 15.5. The fourth-order valence-corrected chi connectivity index (χ4v) is 2.17. The molecule has 0 aliphatic heterocycles. The molecule has 2 aromatic rings. The molecule has 2 aromatic carbocycles. The van der Waals surface area contributed by atoms with Crippen LogP contribution in [-0.2, 0) is 10.1 Å². The smallest absolute Gasteiger partial charge is 0.744 e. The average molecular weight is 329 g/mol. The Labute approximate surface area is 148 Å². The number of azo groups is 1. The molecule has 108 valence electrons. The van der Waals surface area contributed by atoms with Crippen molar-refractivity contribution in [3.05, 3.63) is 58.6 Å². The van der Waals surface area contributed by atoms with Crippen LogP contribution in [0.5, 0.6) is 0 Å². The molecule has 0 spiro atoms. The van der Waals surface area contributed by atoms with Gasteiger partial charge in [-0.15, -0.1) is 10.2 Å². The summed E-state index contributed by atoms with van der Waals surface area (Å²) in [7, 11) is -4.70. The molecule has 0 radical (unpaired) electrons. The second-order valence-electron chi connectivity index (χ2n) is 3.87. The zero-order valence-corrected chi connectivity index (χ0v) is 14.2. The molecule has 22 heavy (non-hydrogen) atoms. The van der Waals surface area contributed by atoms with Crippen molar-refractivity contribution in [1.82, 2.24) is 0 Å². The van der Waals surface area contributed by atoms with Crippen molar-refractivity contribution >= 4 is 27.2 Å². The van der Waals surface area contributed by atoms with E-state index >= 15 is 0 Å². The van der Waals surface area contributed by atoms with E-state index < -0.39 is 19.9 Å². The van der Waals surface area contributed by atoms with E-state index in [0.29, 0.717) is 0 Å². The fraction of sp³-hybridized carbons (Fsp3) is 0. The Morgan fingerprint density at radius 1 is 0.909 bits per heavy atom. The maximum Gasteiger partial charge on any atom is 1.00 e. The van der Waals surface area contributed by atoms with Gasteiger partial charge in [-0.3, -0.25) is 10.1 Å². The van der Waals surface area contributed by atoms with E-state index in [0.717, 1.165) is 6.07 Å². The van der Waals surface area contributed by atoms with Gasteiger partial charge in [0, 0.05) is 6.07 Å². The van der Waals surface area contributed by atoms with Crippen molar-refractivity contribution in [2.75, 3.05) is 0 Å². The first-order valence-corrected chi connectivity index (χ1v) is 7.00. The number of para-hydroxylation sites is 1. The van der Waals surface area contributed by atoms with Gasteiger partial charge in [0.15, 0.2) is 5.69 Å². The van der Waals surface area contributed by atoms with Crippen molar-refractivity contribution in [3.8, 4) is 0 Å². The fourth-order valence-electron chi connectivity index (χ4n) is 1.56. The van der Waals surface area contributed by atoms with Gasteiger partial charge in [0.25, 0.3) is 5.69 Å². The van der Waals surface area contributed by atoms with Gasteiger partial charge in [-0.2, -0.15) is 0 Å². The summed E-state index contributed by atoms with van der Waals surface area (Å²) < 4.78 is 33.2. The summed E-state index contributed by atoms with van der Waals surface area (Å²) in [6.45, 7) is 0. The minimum absolute atomic E-state index is 0. The summed E-state index contributed by atoms with van der Waals surface area (Å²) in [5.41, 5.74) is -0.491. The van der Waals surface area contributed by atoms with Crippen LogP contribution in [0.2, 0.25) is 0 Å². The molecule has 8 nitrogen and oxygen atoms in total. The average Bonchev–Trinajstić information content (AvgIpc) is 2.44. The Hall–Kier alpha value is -1.65. The second kappa shape index (κ2) is 7.56. The van der Waals surface area contributed by atoms with Crippen molar-refractivity contribution < 1.29 is 47.5 Å². The predicted molar refractivity (Wildman–Crippen MR) is 71.7 cm³/mol. The van der Waals surface area contributed by atoms with E-state index in [2.05, 4.69) is 10.2 Å². The van der Waals surface area contributed by atoms with E-state index in [1.165, 1.54) is 42.5 Å². The maximum absolute atomic E-state index is 11.1. The minimum Gasteiger partial charge on any atom is -0.744 e. The van der Waals surface area contributed by atoms with E-state index in [9.17, 15) is 23.1 Å². The van der Waals surface area contributed by atoms with Crippen molar-refractivity contribution in [1.29, 1.82) is 0 Å². The number of hydrogen-bond acceptors (Lipinski definition) is 7. The van der Waals surface area contributed by atoms with Gasteiger partial charge in [0.05, 0.1) is 9.82 Å². The molecule has 0 heterocycles. The Morgan fingerprint density at radius 3 is 2.00 bits per heavy atom. The standard InChI is InChI=1S/C12H9N3O5S.Na/c16-15(17)11-7-3-1-5-9(11)13-14-10-6-2-4-8-12(10)21(18,19)20;/h1-8H,(H,18,19,20);/q;+1/p-1/b14-13+;. The normalized spacial score (nSPS) is 11.1. The summed E-state index contributed by atoms with van der Waals surface area (Å²) in [6, 6.07) is 10.8. The molecular weight excluding hydrogens is 321 g/mol. The Bertz CT molecular complexity index is 823. The number of benzene rings is 2. The van der Waals surface area contributed by atoms with Crippen LogP contribution in [0.4, 0.5) is 17.1 Å². The van der Waals surface area contributed by atoms with Gasteiger partial charge in [-0.25, -0.2) is 8.42 Å². The molecule has 10 heteroatoms. The molecule has 0 aliphatic carbocycles. The molecule has 0 bridgehead atoms. The van der Waals surface area contributed by atoms with Crippen LogP contribution in [0.3, 0.4) is 0 Å². The molecule has 0 unspecified atom stereocenters. The topological polar surface area (TPSA) is 125 Å². The SMILES string of the molecule is O=[N+]([O-])c1ccccc1/N=N/c1ccccc1S(=O)(=O)[O-].[Na+]. The van der Waals surface area contributed by atoms with Crippen LogP contribution in [0.25, 0.3) is 0 Å². The van der Waals surface area contributed by atoms with Gasteiger partial charge < -0.3 is 4.55 Å². The molecule has 0 fully saturated rings. The number of nitro benzene ring substituents is 1. The van der Waals surface area contributed by atoms with E-state index in [1.807, 2.05) is 0 Å². The number of nitrogens with zero attached hydrogens (tertiary/aromatic N) is 3. The summed E-state index contributed by atoms with van der Waals surface area (Å²) in [4.78, 5) is 9.65. The molecule has 0 aliphatic rings. The Morgan fingerprint density at radius 2 is 1.41 bits per heavy atom. The first-order valence-electron chi connectivity index (χ1n) is 5.59. The largest absolute Gasteiger partial charge is 1.00 e. The zero-order valence-electron chi connectivity index (χ0n) is 11.4. The van der Waals surface area contributed by atoms with Gasteiger partial charge in [0.1, 0.15) is 15.8 Å². The molecule has 2 rings (SSSR count). The molecule has 0 aromatic heterocycles. The minimum atomic E-state index is -4.70. The van der Waals surface area contributed by atoms with Gasteiger partial charge >= 0.3 is 29.6 Å². The van der Waals surface area contributed by atoms with Crippen LogP contribution in [0, 0.1) is 10.1 Å². The van der Waals surface area contributed by atoms with Crippen LogP contribution in [0.15, 0.2) is 63.7 Å². The quantitative estimate of drug-likeness (QED) is 0.255. The summed E-state index contributed by atoms with van der Waals surface area (Å²) in [5, 5.41) is 18.1. The number of hydrogen-bond donors (Lipinski definition) is 0. The molecule has 0 saturated carbocycles. The predicted octanol–water partition coefficient (Wildman–Crippen LogP) is -0.0817. The van der Waals surface area contributed by atoms with Crippen LogP contribution >= 0.6 is 0 Å². The molecule has 0 N–H and O–H groups in total. The Kier molecular flexibility index (Phi) is 6.33. The Balaban J connectivity index is 0.00000242. The van der Waals surface area contributed by atoms with Crippen LogP contribution < -0.4 is 29.6 Å². The van der Waals surface area contributed by atoms with Gasteiger partial charge in [-0.05, 0) is 18.2 Å². The van der Waals surface area contributed by atoms with Crippen LogP contribution in [-0.4, -0.2) is 17.9 Å². The van der Waals surface area contributed by atoms with Crippen molar-refractivity contribution in [2.24, 2.45) is 10.2 Å². The third-order valence-corrected chi connectivity index (χ3v) is 3.36. The number of rotatable bonds is 4. The van der Waals surface area contributed by atoms with E-state index in [-0.39, 0.29) is 46.6 Å². The molecule has 0 atom stereocenters. The third kappa shape index (κ3) is 4.42. The maximum atomic E-state index is 11.1. The summed E-state index contributed by atoms with van der Waals surface area (Å²) in [6.07, 6.45) is 0. The molecule has 0 saturated heterocycles. The van der Waals surface area contributed by atoms with Crippen molar-refractivity contribution in [2.45, 2.75) is 4.90 Å². The van der Waals surface area contributed by atoms with Gasteiger partial charge in [-0.1, -0.05) is 24.3 Å². The first-order chi connectivity index (χ1) is 9.89. The monoisotopic (exact) mass is 329 g/mol. The molecular formula is C12H8N3NaO5S. The van der Waals surface area contributed by atoms with Crippen molar-refractivity contribution in [3.63, 3.8) is 0 Å². The third-order valence-electron chi connectivity index (χ3n) is 2.48. The summed E-state index contributed by atoms with van der Waals surface area (Å²) in [5.74, 6) is 0. The molecule has 0 amide bonds. The summed E-state index contributed by atoms with van der Waals surface area (Å²) >= 11 is 0. The van der Waals surface area contributed by atoms with Gasteiger partial charge in [0.2, 0.25) is 0 Å². The number of nitro groups is 1. The second-order valence-corrected chi connectivity index (χ2v) is 5.22. The van der Waals surface area contributed by atoms with E-state index in [4.69, 9.17) is 0 Å². The van der Waals surface area contributed by atoms with Crippen LogP contribution in [0.1, 0.15) is 0 Å². The first kappa shape index (κ1) is 18.4. The van der Waals surface area contributed by atoms with E-state index in [1.54, 1.807) is 0 Å².